The molecule has 0 radical (unpaired) electrons. The van der Waals surface area contributed by atoms with Crippen LogP contribution in [0, 0.1) is 0 Å². The molecule has 1 aromatic rings. The molecule has 2 fully saturated rings. The van der Waals surface area contributed by atoms with Gasteiger partial charge in [0, 0.05) is 30.7 Å². The van der Waals surface area contributed by atoms with E-state index in [-0.39, 0.29) is 18.4 Å². The molecule has 5 heteroatoms. The van der Waals surface area contributed by atoms with E-state index in [1.165, 1.54) is 6.42 Å². The average Bonchev–Trinajstić information content (AvgIpc) is 2.84. The lowest BCUT2D eigenvalue weighted by Gasteiger charge is -2.24. The summed E-state index contributed by atoms with van der Waals surface area (Å²) in [5.74, 6) is -0.188. The minimum absolute atomic E-state index is 0.00799. The van der Waals surface area contributed by atoms with Crippen molar-refractivity contribution in [2.24, 2.45) is 0 Å². The van der Waals surface area contributed by atoms with Crippen LogP contribution in [0.1, 0.15) is 29.6 Å². The Balaban J connectivity index is 1.51. The van der Waals surface area contributed by atoms with Crippen LogP contribution in [0.15, 0.2) is 30.3 Å². The van der Waals surface area contributed by atoms with E-state index in [0.29, 0.717) is 17.6 Å². The van der Waals surface area contributed by atoms with E-state index >= 15 is 0 Å². The highest BCUT2D eigenvalue weighted by atomic mass is 16.2. The Bertz CT molecular complexity index is 518. The number of hydrogen-bond donors (Lipinski definition) is 2. The van der Waals surface area contributed by atoms with Gasteiger partial charge >= 0.3 is 0 Å². The first kappa shape index (κ1) is 14.1. The van der Waals surface area contributed by atoms with Crippen molar-refractivity contribution in [3.8, 4) is 0 Å². The molecular weight excluding hydrogens is 266 g/mol. The lowest BCUT2D eigenvalue weighted by Crippen LogP contribution is -2.44. The Morgan fingerprint density at radius 1 is 1.14 bits per heavy atom. The van der Waals surface area contributed by atoms with Crippen LogP contribution in [-0.4, -0.2) is 48.4 Å². The summed E-state index contributed by atoms with van der Waals surface area (Å²) in [6.45, 7) is 1.62. The highest BCUT2D eigenvalue weighted by Crippen LogP contribution is 2.20. The summed E-state index contributed by atoms with van der Waals surface area (Å²) in [6, 6.07) is 9.96. The van der Waals surface area contributed by atoms with Crippen LogP contribution in [0.3, 0.4) is 0 Å². The number of carbonyl (C=O) groups excluding carboxylic acids is 2. The van der Waals surface area contributed by atoms with Gasteiger partial charge in [0.2, 0.25) is 5.91 Å². The largest absolute Gasteiger partial charge is 0.343 e. The molecule has 0 aliphatic carbocycles. The number of nitrogens with zero attached hydrogens (tertiary/aromatic N) is 1. The van der Waals surface area contributed by atoms with Gasteiger partial charge in [-0.15, -0.1) is 0 Å². The highest BCUT2D eigenvalue weighted by Gasteiger charge is 2.30. The van der Waals surface area contributed by atoms with E-state index in [1.807, 2.05) is 23.1 Å². The zero-order chi connectivity index (χ0) is 14.7. The van der Waals surface area contributed by atoms with Crippen molar-refractivity contribution in [3.63, 3.8) is 0 Å². The normalized spacial score (nSPS) is 24.5. The molecule has 5 nitrogen and oxygen atoms in total. The molecule has 1 aromatic carbocycles. The van der Waals surface area contributed by atoms with Gasteiger partial charge < -0.3 is 15.5 Å². The standard InChI is InChI=1S/C16H21N3O2/c20-15(10-17-16(21)12-4-2-1-3-5-12)19-9-8-13-6-7-14(11-19)18-13/h1-5,13-14,18H,6-11H2,(H,17,21). The van der Waals surface area contributed by atoms with E-state index in [2.05, 4.69) is 10.6 Å². The van der Waals surface area contributed by atoms with Gasteiger partial charge in [0.1, 0.15) is 0 Å². The van der Waals surface area contributed by atoms with Crippen molar-refractivity contribution in [2.45, 2.75) is 31.3 Å². The summed E-state index contributed by atoms with van der Waals surface area (Å²) in [7, 11) is 0. The van der Waals surface area contributed by atoms with Crippen LogP contribution in [0.4, 0.5) is 0 Å². The molecule has 112 valence electrons. The molecule has 2 bridgehead atoms. The summed E-state index contributed by atoms with van der Waals surface area (Å²) >= 11 is 0. The molecule has 2 saturated heterocycles. The van der Waals surface area contributed by atoms with Crippen molar-refractivity contribution in [3.05, 3.63) is 35.9 Å². The molecule has 0 aromatic heterocycles. The topological polar surface area (TPSA) is 61.4 Å². The number of likely N-dealkylation sites (tertiary alicyclic amines) is 1. The van der Waals surface area contributed by atoms with E-state index < -0.39 is 0 Å². The van der Waals surface area contributed by atoms with Crippen LogP contribution in [-0.2, 0) is 4.79 Å². The maximum atomic E-state index is 12.2. The fraction of sp³-hybridized carbons (Fsp3) is 0.500. The predicted molar refractivity (Wildman–Crippen MR) is 79.9 cm³/mol. The molecule has 0 spiro atoms. The lowest BCUT2D eigenvalue weighted by atomic mass is 10.1. The first-order valence-electron chi connectivity index (χ1n) is 7.59. The second-order valence-electron chi connectivity index (χ2n) is 5.81. The SMILES string of the molecule is O=C(NCC(=O)N1CCC2CCC(C1)N2)c1ccccc1. The van der Waals surface area contributed by atoms with Gasteiger partial charge in [-0.25, -0.2) is 0 Å². The van der Waals surface area contributed by atoms with Gasteiger partial charge in [-0.1, -0.05) is 18.2 Å². The number of amides is 2. The lowest BCUT2D eigenvalue weighted by molar-refractivity contribution is -0.130. The zero-order valence-electron chi connectivity index (χ0n) is 12.0. The molecule has 2 atom stereocenters. The summed E-state index contributed by atoms with van der Waals surface area (Å²) in [4.78, 5) is 26.1. The Morgan fingerprint density at radius 2 is 1.90 bits per heavy atom. The zero-order valence-corrected chi connectivity index (χ0v) is 12.0. The molecule has 2 amide bonds. The van der Waals surface area contributed by atoms with Crippen molar-refractivity contribution < 1.29 is 9.59 Å². The summed E-state index contributed by atoms with van der Waals surface area (Å²) in [5.41, 5.74) is 0.585. The first-order chi connectivity index (χ1) is 10.2. The molecule has 2 aliphatic rings. The second-order valence-corrected chi connectivity index (χ2v) is 5.81. The van der Waals surface area contributed by atoms with E-state index in [4.69, 9.17) is 0 Å². The van der Waals surface area contributed by atoms with Crippen LogP contribution in [0.2, 0.25) is 0 Å². The summed E-state index contributed by atoms with van der Waals surface area (Å²) in [5, 5.41) is 6.26. The van der Waals surface area contributed by atoms with Gasteiger partial charge in [-0.2, -0.15) is 0 Å². The second kappa shape index (κ2) is 6.26. The average molecular weight is 287 g/mol. The van der Waals surface area contributed by atoms with E-state index in [0.717, 1.165) is 25.9 Å². The van der Waals surface area contributed by atoms with Crippen molar-refractivity contribution >= 4 is 11.8 Å². The summed E-state index contributed by atoms with van der Waals surface area (Å²) < 4.78 is 0. The molecule has 2 unspecified atom stereocenters. The minimum atomic E-state index is -0.196. The molecule has 2 N–H and O–H groups in total. The number of benzene rings is 1. The molecule has 21 heavy (non-hydrogen) atoms. The van der Waals surface area contributed by atoms with Crippen molar-refractivity contribution in [1.82, 2.24) is 15.5 Å². The van der Waals surface area contributed by atoms with E-state index in [1.54, 1.807) is 12.1 Å². The quantitative estimate of drug-likeness (QED) is 0.863. The van der Waals surface area contributed by atoms with Crippen LogP contribution >= 0.6 is 0 Å². The third-order valence-electron chi connectivity index (χ3n) is 4.31. The molecule has 3 rings (SSSR count). The van der Waals surface area contributed by atoms with Crippen LogP contribution < -0.4 is 10.6 Å². The number of hydrogen-bond acceptors (Lipinski definition) is 3. The monoisotopic (exact) mass is 287 g/mol. The van der Waals surface area contributed by atoms with Gasteiger partial charge in [0.05, 0.1) is 6.54 Å². The number of nitrogens with one attached hydrogen (secondary N) is 2. The molecule has 2 heterocycles. The smallest absolute Gasteiger partial charge is 0.251 e. The van der Waals surface area contributed by atoms with Crippen molar-refractivity contribution in [1.29, 1.82) is 0 Å². The third-order valence-corrected chi connectivity index (χ3v) is 4.31. The van der Waals surface area contributed by atoms with Gasteiger partial charge in [-0.3, -0.25) is 9.59 Å². The Hall–Kier alpha value is -1.88. The van der Waals surface area contributed by atoms with Gasteiger partial charge in [-0.05, 0) is 31.4 Å². The number of carbonyl (C=O) groups is 2. The van der Waals surface area contributed by atoms with Crippen molar-refractivity contribution in [2.75, 3.05) is 19.6 Å². The molecule has 0 saturated carbocycles. The minimum Gasteiger partial charge on any atom is -0.343 e. The fourth-order valence-corrected chi connectivity index (χ4v) is 3.13. The maximum absolute atomic E-state index is 12.2. The predicted octanol–water partition coefficient (Wildman–Crippen LogP) is 0.769. The number of rotatable bonds is 3. The van der Waals surface area contributed by atoms with E-state index in [9.17, 15) is 9.59 Å². The van der Waals surface area contributed by atoms with Gasteiger partial charge in [0.25, 0.3) is 5.91 Å². The molecule has 2 aliphatic heterocycles. The molecular formula is C16H21N3O2. The highest BCUT2D eigenvalue weighted by molar-refractivity contribution is 5.96. The Kier molecular flexibility index (Phi) is 4.20. The maximum Gasteiger partial charge on any atom is 0.251 e. The first-order valence-corrected chi connectivity index (χ1v) is 7.59. The fourth-order valence-electron chi connectivity index (χ4n) is 3.13. The Morgan fingerprint density at radius 3 is 2.71 bits per heavy atom. The van der Waals surface area contributed by atoms with Crippen LogP contribution in [0.25, 0.3) is 0 Å². The summed E-state index contributed by atoms with van der Waals surface area (Å²) in [6.07, 6.45) is 3.37. The van der Waals surface area contributed by atoms with Crippen LogP contribution in [0.5, 0.6) is 0 Å². The third kappa shape index (κ3) is 3.42. The Labute approximate surface area is 124 Å². The number of fused-ring (bicyclic) bond motifs is 2. The van der Waals surface area contributed by atoms with Gasteiger partial charge in [0.15, 0.2) is 0 Å².